The van der Waals surface area contributed by atoms with Gasteiger partial charge in [0, 0.05) is 29.4 Å². The standard InChI is InChI=1S/C18H24N4O2S/c1-18(2,3)17(24)21-13(7-9-25-4)14-10-15(23)22-16(20-14)12-6-5-8-19-11-12/h5-6,8,10-11,13H,7,9H2,1-4H3,(H,21,24)(H,20,22,23)/t13-/m1/s1. The maximum atomic E-state index is 12.4. The van der Waals surface area contributed by atoms with Gasteiger partial charge in [-0.05, 0) is 30.6 Å². The molecule has 0 fully saturated rings. The van der Waals surface area contributed by atoms with Crippen LogP contribution in [0.15, 0.2) is 35.4 Å². The molecule has 0 bridgehead atoms. The van der Waals surface area contributed by atoms with E-state index in [1.807, 2.05) is 33.1 Å². The third-order valence-corrected chi connectivity index (χ3v) is 4.29. The molecule has 6 nitrogen and oxygen atoms in total. The van der Waals surface area contributed by atoms with Crippen LogP contribution in [0.3, 0.4) is 0 Å². The summed E-state index contributed by atoms with van der Waals surface area (Å²) in [6, 6.07) is 4.76. The van der Waals surface area contributed by atoms with E-state index in [0.717, 1.165) is 11.3 Å². The molecule has 0 aliphatic heterocycles. The van der Waals surface area contributed by atoms with Gasteiger partial charge in [0.1, 0.15) is 5.82 Å². The largest absolute Gasteiger partial charge is 0.347 e. The maximum absolute atomic E-state index is 12.4. The van der Waals surface area contributed by atoms with E-state index in [9.17, 15) is 9.59 Å². The number of rotatable bonds is 6. The number of carbonyl (C=O) groups excluding carboxylic acids is 1. The Morgan fingerprint density at radius 1 is 1.40 bits per heavy atom. The van der Waals surface area contributed by atoms with Gasteiger partial charge in [0.15, 0.2) is 0 Å². The quantitative estimate of drug-likeness (QED) is 0.827. The smallest absolute Gasteiger partial charge is 0.251 e. The Balaban J connectivity index is 2.38. The first kappa shape index (κ1) is 19.2. The molecule has 0 saturated heterocycles. The van der Waals surface area contributed by atoms with Crippen molar-refractivity contribution in [3.63, 3.8) is 0 Å². The lowest BCUT2D eigenvalue weighted by Crippen LogP contribution is -2.38. The predicted octanol–water partition coefficient (Wildman–Crippen LogP) is 2.79. The second-order valence-corrected chi connectivity index (χ2v) is 7.80. The SMILES string of the molecule is CSCC[C@@H](NC(=O)C(C)(C)C)c1cc(=O)[nH]c(-c2cccnc2)n1. The van der Waals surface area contributed by atoms with Gasteiger partial charge in [-0.2, -0.15) is 11.8 Å². The van der Waals surface area contributed by atoms with E-state index >= 15 is 0 Å². The summed E-state index contributed by atoms with van der Waals surface area (Å²) >= 11 is 1.69. The number of thioether (sulfide) groups is 1. The van der Waals surface area contributed by atoms with Crippen LogP contribution in [0.4, 0.5) is 0 Å². The molecule has 0 aliphatic rings. The molecule has 1 amide bonds. The Kier molecular flexibility index (Phi) is 6.36. The third kappa shape index (κ3) is 5.42. The molecular weight excluding hydrogens is 336 g/mol. The summed E-state index contributed by atoms with van der Waals surface area (Å²) in [5, 5.41) is 3.03. The first-order valence-electron chi connectivity index (χ1n) is 8.13. The number of aromatic amines is 1. The summed E-state index contributed by atoms with van der Waals surface area (Å²) in [5.41, 5.74) is 0.537. The second-order valence-electron chi connectivity index (χ2n) is 6.82. The number of hydrogen-bond donors (Lipinski definition) is 2. The van der Waals surface area contributed by atoms with Gasteiger partial charge in [0.05, 0.1) is 11.7 Å². The van der Waals surface area contributed by atoms with Crippen LogP contribution in [0.25, 0.3) is 11.4 Å². The predicted molar refractivity (Wildman–Crippen MR) is 101 cm³/mol. The fraction of sp³-hybridized carbons (Fsp3) is 0.444. The van der Waals surface area contributed by atoms with Crippen molar-refractivity contribution < 1.29 is 4.79 Å². The number of H-pyrrole nitrogens is 1. The zero-order valence-corrected chi connectivity index (χ0v) is 15.8. The van der Waals surface area contributed by atoms with Crippen LogP contribution in [0, 0.1) is 5.41 Å². The van der Waals surface area contributed by atoms with Crippen molar-refractivity contribution in [3.8, 4) is 11.4 Å². The van der Waals surface area contributed by atoms with Crippen LogP contribution in [-0.4, -0.2) is 32.9 Å². The molecule has 2 aromatic heterocycles. The normalized spacial score (nSPS) is 12.6. The first-order valence-corrected chi connectivity index (χ1v) is 9.52. The van der Waals surface area contributed by atoms with E-state index in [4.69, 9.17) is 0 Å². The van der Waals surface area contributed by atoms with E-state index in [1.165, 1.54) is 6.07 Å². The molecule has 0 unspecified atom stereocenters. The number of nitrogens with one attached hydrogen (secondary N) is 2. The van der Waals surface area contributed by atoms with Crippen LogP contribution in [0.1, 0.15) is 38.9 Å². The van der Waals surface area contributed by atoms with Crippen molar-refractivity contribution in [3.05, 3.63) is 46.6 Å². The van der Waals surface area contributed by atoms with Crippen molar-refractivity contribution in [2.75, 3.05) is 12.0 Å². The van der Waals surface area contributed by atoms with Crippen molar-refractivity contribution >= 4 is 17.7 Å². The van der Waals surface area contributed by atoms with Crippen LogP contribution in [-0.2, 0) is 4.79 Å². The highest BCUT2D eigenvalue weighted by molar-refractivity contribution is 7.98. The van der Waals surface area contributed by atoms with Gasteiger partial charge < -0.3 is 10.3 Å². The van der Waals surface area contributed by atoms with E-state index in [0.29, 0.717) is 17.9 Å². The van der Waals surface area contributed by atoms with Crippen LogP contribution in [0.5, 0.6) is 0 Å². The molecule has 0 spiro atoms. The van der Waals surface area contributed by atoms with E-state index in [-0.39, 0.29) is 17.5 Å². The van der Waals surface area contributed by atoms with E-state index in [2.05, 4.69) is 20.3 Å². The van der Waals surface area contributed by atoms with Gasteiger partial charge in [-0.1, -0.05) is 20.8 Å². The highest BCUT2D eigenvalue weighted by Crippen LogP contribution is 2.22. The van der Waals surface area contributed by atoms with Gasteiger partial charge >= 0.3 is 0 Å². The van der Waals surface area contributed by atoms with Crippen LogP contribution in [0.2, 0.25) is 0 Å². The molecule has 2 rings (SSSR count). The molecule has 1 atom stereocenters. The van der Waals surface area contributed by atoms with Crippen molar-refractivity contribution in [2.45, 2.75) is 33.2 Å². The number of pyridine rings is 1. The lowest BCUT2D eigenvalue weighted by Gasteiger charge is -2.24. The molecule has 0 saturated carbocycles. The molecule has 134 valence electrons. The van der Waals surface area contributed by atoms with Crippen LogP contribution < -0.4 is 10.9 Å². The van der Waals surface area contributed by atoms with E-state index in [1.54, 1.807) is 30.2 Å². The van der Waals surface area contributed by atoms with Crippen molar-refractivity contribution in [2.24, 2.45) is 5.41 Å². The van der Waals surface area contributed by atoms with E-state index < -0.39 is 5.41 Å². The van der Waals surface area contributed by atoms with Crippen molar-refractivity contribution in [1.29, 1.82) is 0 Å². The molecule has 7 heteroatoms. The summed E-state index contributed by atoms with van der Waals surface area (Å²) in [6.45, 7) is 5.58. The fourth-order valence-electron chi connectivity index (χ4n) is 2.20. The topological polar surface area (TPSA) is 87.7 Å². The molecule has 0 radical (unpaired) electrons. The molecule has 2 N–H and O–H groups in total. The number of nitrogens with zero attached hydrogens (tertiary/aromatic N) is 2. The van der Waals surface area contributed by atoms with Gasteiger partial charge in [0.2, 0.25) is 5.91 Å². The Hall–Kier alpha value is -2.15. The lowest BCUT2D eigenvalue weighted by molar-refractivity contribution is -0.129. The van der Waals surface area contributed by atoms with Crippen LogP contribution >= 0.6 is 11.8 Å². The molecule has 25 heavy (non-hydrogen) atoms. The minimum Gasteiger partial charge on any atom is -0.347 e. The summed E-state index contributed by atoms with van der Waals surface area (Å²) in [6.07, 6.45) is 6.02. The number of hydrogen-bond acceptors (Lipinski definition) is 5. The monoisotopic (exact) mass is 360 g/mol. The fourth-order valence-corrected chi connectivity index (χ4v) is 2.67. The van der Waals surface area contributed by atoms with Crippen molar-refractivity contribution in [1.82, 2.24) is 20.3 Å². The highest BCUT2D eigenvalue weighted by Gasteiger charge is 2.25. The maximum Gasteiger partial charge on any atom is 0.251 e. The Morgan fingerprint density at radius 2 is 2.16 bits per heavy atom. The minimum absolute atomic E-state index is 0.0661. The van der Waals surface area contributed by atoms with Gasteiger partial charge in [-0.3, -0.25) is 14.6 Å². The molecule has 0 aliphatic carbocycles. The Labute approximate surface area is 151 Å². The summed E-state index contributed by atoms with van der Waals surface area (Å²) in [7, 11) is 0. The summed E-state index contributed by atoms with van der Waals surface area (Å²) in [4.78, 5) is 35.9. The Bertz CT molecular complexity index is 769. The Morgan fingerprint density at radius 3 is 2.76 bits per heavy atom. The molecule has 0 aromatic carbocycles. The average Bonchev–Trinajstić information content (AvgIpc) is 2.57. The van der Waals surface area contributed by atoms with Gasteiger partial charge in [-0.15, -0.1) is 0 Å². The summed E-state index contributed by atoms with van der Waals surface area (Å²) < 4.78 is 0. The average molecular weight is 360 g/mol. The zero-order chi connectivity index (χ0) is 18.4. The molecular formula is C18H24N4O2S. The number of carbonyl (C=O) groups is 1. The lowest BCUT2D eigenvalue weighted by atomic mass is 9.94. The molecule has 2 aromatic rings. The molecule has 2 heterocycles. The second kappa shape index (κ2) is 8.29. The highest BCUT2D eigenvalue weighted by atomic mass is 32.2. The first-order chi connectivity index (χ1) is 11.8. The number of amides is 1. The van der Waals surface area contributed by atoms with Gasteiger partial charge in [0.25, 0.3) is 5.56 Å². The summed E-state index contributed by atoms with van der Waals surface area (Å²) in [5.74, 6) is 1.24. The zero-order valence-electron chi connectivity index (χ0n) is 15.0. The number of aromatic nitrogens is 3. The van der Waals surface area contributed by atoms with Gasteiger partial charge in [-0.25, -0.2) is 4.98 Å². The minimum atomic E-state index is -0.509. The third-order valence-electron chi connectivity index (χ3n) is 3.65.